The molecule has 0 aliphatic rings. The molecule has 0 spiro atoms. The topological polar surface area (TPSA) is 95.7 Å². The zero-order valence-electron chi connectivity index (χ0n) is 12.5. The van der Waals surface area contributed by atoms with E-state index in [2.05, 4.69) is 0 Å². The molecule has 0 aromatic heterocycles. The summed E-state index contributed by atoms with van der Waals surface area (Å²) in [5.74, 6) is -2.62. The minimum atomic E-state index is -4.18. The van der Waals surface area contributed by atoms with Crippen LogP contribution in [-0.2, 0) is 29.6 Å². The van der Waals surface area contributed by atoms with E-state index in [1.54, 1.807) is 48.5 Å². The van der Waals surface area contributed by atoms with E-state index in [1.807, 2.05) is 0 Å². The van der Waals surface area contributed by atoms with E-state index in [-0.39, 0.29) is 11.4 Å². The Balaban J connectivity index is 2.49. The Bertz CT molecular complexity index is 762. The average molecular weight is 335 g/mol. The summed E-state index contributed by atoms with van der Waals surface area (Å²) in [7, 11) is -4.18. The lowest BCUT2D eigenvalue weighted by molar-refractivity contribution is -0.195. The van der Waals surface area contributed by atoms with Crippen molar-refractivity contribution >= 4 is 16.1 Å². The second kappa shape index (κ2) is 6.91. The molecule has 7 heteroatoms. The molecule has 23 heavy (non-hydrogen) atoms. The molecular weight excluding hydrogens is 318 g/mol. The number of nitrogens with two attached hydrogens (primary N) is 1. The lowest BCUT2D eigenvalue weighted by Gasteiger charge is -2.31. The zero-order chi connectivity index (χ0) is 16.9. The second-order valence-electron chi connectivity index (χ2n) is 4.77. The number of rotatable bonds is 6. The van der Waals surface area contributed by atoms with Crippen molar-refractivity contribution in [1.82, 2.24) is 0 Å². The third-order valence-electron chi connectivity index (χ3n) is 3.07. The summed E-state index contributed by atoms with van der Waals surface area (Å²) in [6.45, 7) is 0.800. The molecular formula is C16H17NO5S. The normalized spacial score (nSPS) is 14.0. The summed E-state index contributed by atoms with van der Waals surface area (Å²) in [6.07, 6.45) is 0. The molecule has 0 bridgehead atoms. The monoisotopic (exact) mass is 335 g/mol. The van der Waals surface area contributed by atoms with Gasteiger partial charge in [-0.15, -0.1) is 0 Å². The van der Waals surface area contributed by atoms with Gasteiger partial charge in [-0.2, -0.15) is 8.42 Å². The van der Waals surface area contributed by atoms with Gasteiger partial charge in [0.15, 0.2) is 0 Å². The van der Waals surface area contributed by atoms with Gasteiger partial charge in [0.05, 0.1) is 11.4 Å². The van der Waals surface area contributed by atoms with Gasteiger partial charge < -0.3 is 10.5 Å². The van der Waals surface area contributed by atoms with Crippen LogP contribution in [0.25, 0.3) is 0 Å². The van der Waals surface area contributed by atoms with E-state index in [4.69, 9.17) is 14.7 Å². The lowest BCUT2D eigenvalue weighted by atomic mass is 10.1. The van der Waals surface area contributed by atoms with E-state index in [9.17, 15) is 13.2 Å². The fourth-order valence-corrected chi connectivity index (χ4v) is 3.19. The van der Waals surface area contributed by atoms with Crippen molar-refractivity contribution in [1.29, 1.82) is 0 Å². The molecule has 0 aliphatic heterocycles. The van der Waals surface area contributed by atoms with Gasteiger partial charge in [0.1, 0.15) is 0 Å². The Hall–Kier alpha value is -2.22. The van der Waals surface area contributed by atoms with Crippen LogP contribution in [0.15, 0.2) is 65.6 Å². The molecule has 1 atom stereocenters. The molecule has 6 nitrogen and oxygen atoms in total. The number of carbonyl (C=O) groups is 1. The highest BCUT2D eigenvalue weighted by Gasteiger charge is 2.41. The van der Waals surface area contributed by atoms with Crippen molar-refractivity contribution in [2.75, 3.05) is 6.54 Å². The SMILES string of the molecule is CC(=O)OC(CN)(OS(=O)(=O)c1ccccc1)c1ccccc1. The summed E-state index contributed by atoms with van der Waals surface area (Å²) in [5.41, 5.74) is 6.04. The van der Waals surface area contributed by atoms with Crippen LogP contribution >= 0.6 is 0 Å². The summed E-state index contributed by atoms with van der Waals surface area (Å²) in [5, 5.41) is 0. The van der Waals surface area contributed by atoms with Gasteiger partial charge >= 0.3 is 16.1 Å². The highest BCUT2D eigenvalue weighted by molar-refractivity contribution is 7.86. The van der Waals surface area contributed by atoms with Crippen molar-refractivity contribution in [3.63, 3.8) is 0 Å². The summed E-state index contributed by atoms with van der Waals surface area (Å²) in [6, 6.07) is 15.8. The molecule has 0 heterocycles. The number of benzene rings is 2. The molecule has 122 valence electrons. The van der Waals surface area contributed by atoms with Crippen LogP contribution in [0.1, 0.15) is 12.5 Å². The number of hydrogen-bond donors (Lipinski definition) is 1. The van der Waals surface area contributed by atoms with Crippen LogP contribution in [0.5, 0.6) is 0 Å². The first-order chi connectivity index (χ1) is 10.9. The van der Waals surface area contributed by atoms with Gasteiger partial charge in [0, 0.05) is 12.5 Å². The summed E-state index contributed by atoms with van der Waals surface area (Å²) >= 11 is 0. The molecule has 2 N–H and O–H groups in total. The van der Waals surface area contributed by atoms with E-state index < -0.39 is 21.9 Å². The minimum absolute atomic E-state index is 0.0547. The predicted octanol–water partition coefficient (Wildman–Crippen LogP) is 1.77. The largest absolute Gasteiger partial charge is 0.426 e. The lowest BCUT2D eigenvalue weighted by Crippen LogP contribution is -2.43. The molecule has 0 saturated heterocycles. The van der Waals surface area contributed by atoms with E-state index in [0.29, 0.717) is 5.56 Å². The summed E-state index contributed by atoms with van der Waals surface area (Å²) < 4.78 is 35.4. The Kier molecular flexibility index (Phi) is 5.15. The van der Waals surface area contributed by atoms with Crippen LogP contribution in [0.3, 0.4) is 0 Å². The molecule has 2 rings (SSSR count). The maximum Gasteiger partial charge on any atom is 0.305 e. The Morgan fingerprint density at radius 2 is 1.57 bits per heavy atom. The second-order valence-corrected chi connectivity index (χ2v) is 6.31. The third-order valence-corrected chi connectivity index (χ3v) is 4.41. The molecule has 2 aromatic rings. The molecule has 0 aliphatic carbocycles. The van der Waals surface area contributed by atoms with Gasteiger partial charge in [0.25, 0.3) is 5.79 Å². The molecule has 0 saturated carbocycles. The third kappa shape index (κ3) is 3.95. The van der Waals surface area contributed by atoms with Crippen LogP contribution in [-0.4, -0.2) is 20.9 Å². The number of ether oxygens (including phenoxy) is 1. The highest BCUT2D eigenvalue weighted by Crippen LogP contribution is 2.31. The van der Waals surface area contributed by atoms with Gasteiger partial charge in [-0.3, -0.25) is 4.79 Å². The van der Waals surface area contributed by atoms with E-state index in [1.165, 1.54) is 12.1 Å². The first kappa shape index (κ1) is 17.1. The first-order valence-electron chi connectivity index (χ1n) is 6.85. The Morgan fingerprint density at radius 1 is 1.04 bits per heavy atom. The number of esters is 1. The average Bonchev–Trinajstić information content (AvgIpc) is 2.55. The molecule has 0 amide bonds. The van der Waals surface area contributed by atoms with Crippen LogP contribution < -0.4 is 5.73 Å². The molecule has 0 radical (unpaired) electrons. The smallest absolute Gasteiger partial charge is 0.305 e. The first-order valence-corrected chi connectivity index (χ1v) is 8.26. The predicted molar refractivity (Wildman–Crippen MR) is 83.7 cm³/mol. The van der Waals surface area contributed by atoms with Crippen molar-refractivity contribution in [2.45, 2.75) is 17.6 Å². The van der Waals surface area contributed by atoms with Crippen molar-refractivity contribution in [3.8, 4) is 0 Å². The van der Waals surface area contributed by atoms with Crippen molar-refractivity contribution in [3.05, 3.63) is 66.2 Å². The van der Waals surface area contributed by atoms with Crippen LogP contribution in [0.2, 0.25) is 0 Å². The standard InChI is InChI=1S/C16H17NO5S/c1-13(18)21-16(12-17,14-8-4-2-5-9-14)22-23(19,20)15-10-6-3-7-11-15/h2-11H,12,17H2,1H3. The van der Waals surface area contributed by atoms with Crippen LogP contribution in [0.4, 0.5) is 0 Å². The Morgan fingerprint density at radius 3 is 2.04 bits per heavy atom. The van der Waals surface area contributed by atoms with E-state index >= 15 is 0 Å². The zero-order valence-corrected chi connectivity index (χ0v) is 13.3. The molecule has 2 aromatic carbocycles. The number of carbonyl (C=O) groups excluding carboxylic acids is 1. The van der Waals surface area contributed by atoms with Crippen LogP contribution in [0, 0.1) is 0 Å². The van der Waals surface area contributed by atoms with Gasteiger partial charge in [-0.25, -0.2) is 4.18 Å². The maximum atomic E-state index is 12.5. The minimum Gasteiger partial charge on any atom is -0.426 e. The maximum absolute atomic E-state index is 12.5. The number of hydrogen-bond acceptors (Lipinski definition) is 6. The van der Waals surface area contributed by atoms with E-state index in [0.717, 1.165) is 6.92 Å². The van der Waals surface area contributed by atoms with Gasteiger partial charge in [-0.05, 0) is 12.1 Å². The van der Waals surface area contributed by atoms with Crippen molar-refractivity contribution < 1.29 is 22.1 Å². The fraction of sp³-hybridized carbons (Fsp3) is 0.188. The molecule has 0 fully saturated rings. The van der Waals surface area contributed by atoms with Crippen molar-refractivity contribution in [2.24, 2.45) is 5.73 Å². The van der Waals surface area contributed by atoms with Gasteiger partial charge in [0.2, 0.25) is 0 Å². The highest BCUT2D eigenvalue weighted by atomic mass is 32.2. The molecule has 1 unspecified atom stereocenters. The summed E-state index contributed by atoms with van der Waals surface area (Å²) in [4.78, 5) is 11.4. The quantitative estimate of drug-likeness (QED) is 0.491. The Labute approximate surface area is 135 Å². The fourth-order valence-electron chi connectivity index (χ4n) is 2.05. The van der Waals surface area contributed by atoms with Gasteiger partial charge in [-0.1, -0.05) is 48.5 Å².